The van der Waals surface area contributed by atoms with Crippen LogP contribution in [0.4, 0.5) is 17.2 Å². The van der Waals surface area contributed by atoms with Crippen molar-refractivity contribution in [2.75, 3.05) is 24.7 Å². The van der Waals surface area contributed by atoms with Gasteiger partial charge in [-0.3, -0.25) is 15.2 Å². The summed E-state index contributed by atoms with van der Waals surface area (Å²) in [6.45, 7) is 0.516. The fourth-order valence-electron chi connectivity index (χ4n) is 2.28. The molecule has 0 saturated heterocycles. The molecule has 10 heteroatoms. The van der Waals surface area contributed by atoms with Gasteiger partial charge in [-0.1, -0.05) is 0 Å². The van der Waals surface area contributed by atoms with Crippen molar-refractivity contribution in [1.29, 1.82) is 5.26 Å². The summed E-state index contributed by atoms with van der Waals surface area (Å²) < 4.78 is 4.57. The summed E-state index contributed by atoms with van der Waals surface area (Å²) in [7, 11) is 1.16. The molecule has 25 heavy (non-hydrogen) atoms. The number of nitrogens with two attached hydrogens (primary N) is 1. The normalized spacial score (nSPS) is 10.1. The van der Waals surface area contributed by atoms with Crippen LogP contribution in [0.15, 0.2) is 18.2 Å². The number of aryl methyl sites for hydroxylation is 1. The van der Waals surface area contributed by atoms with Crippen LogP contribution in [0.3, 0.4) is 0 Å². The number of carbonyl (C=O) groups excluding carboxylic acids is 1. The Bertz CT molecular complexity index is 839. The molecule has 0 aliphatic heterocycles. The first-order valence-electron chi connectivity index (χ1n) is 7.31. The predicted octanol–water partition coefficient (Wildman–Crippen LogP) is 1.60. The third kappa shape index (κ3) is 4.03. The highest BCUT2D eigenvalue weighted by atomic mass is 16.6. The standard InChI is InChI=1S/C15H16N6O4/c1-25-15(22)10-7-9(4-5-13(10)21(23)24)18-6-2-3-12-11(8-16)14(17)20-19-12/h4-5,7,18H,2-3,6H2,1H3,(H3,17,19,20). The van der Waals surface area contributed by atoms with Gasteiger partial charge < -0.3 is 15.8 Å². The molecule has 4 N–H and O–H groups in total. The lowest BCUT2D eigenvalue weighted by molar-refractivity contribution is -0.385. The number of carbonyl (C=O) groups is 1. The summed E-state index contributed by atoms with van der Waals surface area (Å²) in [5, 5.41) is 29.5. The number of benzene rings is 1. The van der Waals surface area contributed by atoms with Gasteiger partial charge in [-0.2, -0.15) is 10.4 Å². The fraction of sp³-hybridized carbons (Fsp3) is 0.267. The molecule has 0 aliphatic carbocycles. The molecule has 0 unspecified atom stereocenters. The Balaban J connectivity index is 2.00. The number of aromatic nitrogens is 2. The van der Waals surface area contributed by atoms with E-state index in [1.54, 1.807) is 0 Å². The largest absolute Gasteiger partial charge is 0.465 e. The molecule has 10 nitrogen and oxygen atoms in total. The zero-order valence-electron chi connectivity index (χ0n) is 13.4. The highest BCUT2D eigenvalue weighted by Gasteiger charge is 2.21. The van der Waals surface area contributed by atoms with E-state index in [1.165, 1.54) is 18.2 Å². The van der Waals surface area contributed by atoms with Crippen LogP contribution >= 0.6 is 0 Å². The van der Waals surface area contributed by atoms with Crippen LogP contribution in [0, 0.1) is 21.4 Å². The first-order valence-corrected chi connectivity index (χ1v) is 7.31. The van der Waals surface area contributed by atoms with Crippen LogP contribution in [-0.2, 0) is 11.2 Å². The maximum absolute atomic E-state index is 11.7. The van der Waals surface area contributed by atoms with Gasteiger partial charge in [-0.15, -0.1) is 0 Å². The maximum atomic E-state index is 11.7. The topological polar surface area (TPSA) is 160 Å². The lowest BCUT2D eigenvalue weighted by Gasteiger charge is -2.08. The molecule has 0 atom stereocenters. The van der Waals surface area contributed by atoms with E-state index in [9.17, 15) is 14.9 Å². The van der Waals surface area contributed by atoms with Gasteiger partial charge in [0.05, 0.1) is 17.7 Å². The van der Waals surface area contributed by atoms with Gasteiger partial charge in [0, 0.05) is 18.3 Å². The van der Waals surface area contributed by atoms with Crippen molar-refractivity contribution in [3.63, 3.8) is 0 Å². The highest BCUT2D eigenvalue weighted by Crippen LogP contribution is 2.23. The third-order valence-electron chi connectivity index (χ3n) is 3.51. The fourth-order valence-corrected chi connectivity index (χ4v) is 2.28. The van der Waals surface area contributed by atoms with Crippen molar-refractivity contribution >= 4 is 23.2 Å². The number of ether oxygens (including phenoxy) is 1. The van der Waals surface area contributed by atoms with Crippen molar-refractivity contribution < 1.29 is 14.5 Å². The van der Waals surface area contributed by atoms with E-state index < -0.39 is 10.9 Å². The van der Waals surface area contributed by atoms with E-state index in [4.69, 9.17) is 11.0 Å². The minimum Gasteiger partial charge on any atom is -0.465 e. The van der Waals surface area contributed by atoms with Crippen molar-refractivity contribution in [3.05, 3.63) is 45.1 Å². The van der Waals surface area contributed by atoms with E-state index in [0.29, 0.717) is 36.3 Å². The Hall–Kier alpha value is -3.61. The molecule has 0 radical (unpaired) electrons. The van der Waals surface area contributed by atoms with Gasteiger partial charge in [0.25, 0.3) is 5.69 Å². The molecule has 2 rings (SSSR count). The number of hydrogen-bond acceptors (Lipinski definition) is 8. The zero-order chi connectivity index (χ0) is 18.4. The van der Waals surface area contributed by atoms with Crippen LogP contribution in [-0.4, -0.2) is 34.7 Å². The van der Waals surface area contributed by atoms with Gasteiger partial charge >= 0.3 is 5.97 Å². The van der Waals surface area contributed by atoms with Crippen LogP contribution in [0.5, 0.6) is 0 Å². The van der Waals surface area contributed by atoms with E-state index in [2.05, 4.69) is 20.3 Å². The van der Waals surface area contributed by atoms with Gasteiger partial charge in [-0.25, -0.2) is 4.79 Å². The van der Waals surface area contributed by atoms with Crippen LogP contribution in [0.1, 0.15) is 28.0 Å². The van der Waals surface area contributed by atoms with Crippen molar-refractivity contribution in [2.45, 2.75) is 12.8 Å². The van der Waals surface area contributed by atoms with E-state index in [-0.39, 0.29) is 17.1 Å². The van der Waals surface area contributed by atoms with Crippen LogP contribution in [0.2, 0.25) is 0 Å². The Morgan fingerprint density at radius 1 is 1.56 bits per heavy atom. The molecule has 0 amide bonds. The number of nitriles is 1. The second kappa shape index (κ2) is 7.78. The van der Waals surface area contributed by atoms with Crippen LogP contribution < -0.4 is 11.1 Å². The summed E-state index contributed by atoms with van der Waals surface area (Å²) in [6, 6.07) is 6.13. The number of hydrogen-bond donors (Lipinski definition) is 3. The minimum absolute atomic E-state index is 0.120. The van der Waals surface area contributed by atoms with Crippen molar-refractivity contribution in [3.8, 4) is 6.07 Å². The predicted molar refractivity (Wildman–Crippen MR) is 89.0 cm³/mol. The van der Waals surface area contributed by atoms with Crippen LogP contribution in [0.25, 0.3) is 0 Å². The molecule has 0 fully saturated rings. The molecule has 1 aromatic heterocycles. The second-order valence-corrected chi connectivity index (χ2v) is 5.09. The minimum atomic E-state index is -0.776. The van der Waals surface area contributed by atoms with Gasteiger partial charge in [-0.05, 0) is 25.0 Å². The number of nitrogens with zero attached hydrogens (tertiary/aromatic N) is 3. The van der Waals surface area contributed by atoms with E-state index in [1.807, 2.05) is 6.07 Å². The molecule has 0 saturated carbocycles. The number of methoxy groups -OCH3 is 1. The number of nitro groups is 1. The number of rotatable bonds is 7. The van der Waals surface area contributed by atoms with E-state index in [0.717, 1.165) is 7.11 Å². The first-order chi connectivity index (χ1) is 12.0. The lowest BCUT2D eigenvalue weighted by Crippen LogP contribution is -2.08. The number of H-pyrrole nitrogens is 1. The second-order valence-electron chi connectivity index (χ2n) is 5.09. The third-order valence-corrected chi connectivity index (χ3v) is 3.51. The molecule has 0 aliphatic rings. The Labute approximate surface area is 142 Å². The number of esters is 1. The summed E-state index contributed by atoms with van der Waals surface area (Å²) in [5.74, 6) is -0.606. The number of nitrogens with one attached hydrogen (secondary N) is 2. The molecular formula is C15H16N6O4. The molecular weight excluding hydrogens is 328 g/mol. The summed E-state index contributed by atoms with van der Waals surface area (Å²) in [6.07, 6.45) is 1.21. The smallest absolute Gasteiger partial charge is 0.344 e. The molecule has 1 heterocycles. The Kier molecular flexibility index (Phi) is 5.52. The molecule has 2 aromatic rings. The maximum Gasteiger partial charge on any atom is 0.344 e. The highest BCUT2D eigenvalue weighted by molar-refractivity contribution is 5.95. The Morgan fingerprint density at radius 3 is 2.96 bits per heavy atom. The lowest BCUT2D eigenvalue weighted by atomic mass is 10.1. The molecule has 0 spiro atoms. The summed E-state index contributed by atoms with van der Waals surface area (Å²) in [5.41, 5.74) is 6.67. The quantitative estimate of drug-likeness (QED) is 0.295. The number of nitrogen functional groups attached to an aromatic ring is 1. The zero-order valence-corrected chi connectivity index (χ0v) is 13.4. The van der Waals surface area contributed by atoms with Gasteiger partial charge in [0.2, 0.25) is 0 Å². The Morgan fingerprint density at radius 2 is 2.32 bits per heavy atom. The molecule has 1 aromatic carbocycles. The molecule has 130 valence electrons. The first kappa shape index (κ1) is 17.7. The van der Waals surface area contributed by atoms with E-state index >= 15 is 0 Å². The summed E-state index contributed by atoms with van der Waals surface area (Å²) >= 11 is 0. The molecule has 0 bridgehead atoms. The average molecular weight is 344 g/mol. The van der Waals surface area contributed by atoms with Gasteiger partial charge in [0.15, 0.2) is 5.82 Å². The monoisotopic (exact) mass is 344 g/mol. The number of aromatic amines is 1. The van der Waals surface area contributed by atoms with Crippen molar-refractivity contribution in [2.24, 2.45) is 0 Å². The SMILES string of the molecule is COC(=O)c1cc(NCCCc2[nH]nc(N)c2C#N)ccc1[N+](=O)[O-]. The van der Waals surface area contributed by atoms with Gasteiger partial charge in [0.1, 0.15) is 17.2 Å². The average Bonchev–Trinajstić information content (AvgIpc) is 2.97. The summed E-state index contributed by atoms with van der Waals surface area (Å²) in [4.78, 5) is 22.0. The number of nitro benzene ring substituents is 1. The number of anilines is 2. The van der Waals surface area contributed by atoms with Crippen molar-refractivity contribution in [1.82, 2.24) is 10.2 Å².